The van der Waals surface area contributed by atoms with Crippen molar-refractivity contribution < 1.29 is 0 Å². The van der Waals surface area contributed by atoms with Gasteiger partial charge in [0.1, 0.15) is 0 Å². The fourth-order valence-electron chi connectivity index (χ4n) is 2.61. The van der Waals surface area contributed by atoms with Crippen LogP contribution in [-0.2, 0) is 5.75 Å². The van der Waals surface area contributed by atoms with E-state index in [0.29, 0.717) is 0 Å². The molecule has 0 unspecified atom stereocenters. The van der Waals surface area contributed by atoms with Gasteiger partial charge < -0.3 is 0 Å². The second kappa shape index (κ2) is 6.09. The quantitative estimate of drug-likeness (QED) is 0.494. The lowest BCUT2D eigenvalue weighted by Crippen LogP contribution is -1.96. The van der Waals surface area contributed by atoms with Crippen molar-refractivity contribution in [1.29, 1.82) is 0 Å². The molecule has 0 atom stereocenters. The highest BCUT2D eigenvalue weighted by Crippen LogP contribution is 2.26. The van der Waals surface area contributed by atoms with Gasteiger partial charge in [-0.2, -0.15) is 0 Å². The van der Waals surface area contributed by atoms with E-state index >= 15 is 0 Å². The van der Waals surface area contributed by atoms with Crippen LogP contribution in [0.25, 0.3) is 10.9 Å². The van der Waals surface area contributed by atoms with Crippen molar-refractivity contribution in [2.75, 3.05) is 0 Å². The van der Waals surface area contributed by atoms with E-state index in [9.17, 15) is 0 Å². The van der Waals surface area contributed by atoms with Crippen molar-refractivity contribution >= 4 is 22.7 Å². The maximum atomic E-state index is 4.76. The van der Waals surface area contributed by atoms with Gasteiger partial charge in [-0.3, -0.25) is 0 Å². The number of hydrogen-bond donors (Lipinski definition) is 0. The predicted octanol–water partition coefficient (Wildman–Crippen LogP) is 5.16. The molecule has 2 aromatic carbocycles. The minimum atomic E-state index is 0.859. The molecule has 3 rings (SSSR count). The highest BCUT2D eigenvalue weighted by molar-refractivity contribution is 7.98. The third-order valence-corrected chi connectivity index (χ3v) is 4.71. The van der Waals surface area contributed by atoms with Gasteiger partial charge >= 0.3 is 0 Å². The smallest absolute Gasteiger partial charge is 0.188 e. The van der Waals surface area contributed by atoms with Crippen molar-refractivity contribution in [2.24, 2.45) is 0 Å². The van der Waals surface area contributed by atoms with E-state index in [0.717, 1.165) is 27.5 Å². The topological polar surface area (TPSA) is 25.8 Å². The van der Waals surface area contributed by atoms with Crippen LogP contribution >= 0.6 is 11.8 Å². The van der Waals surface area contributed by atoms with Crippen LogP contribution in [0, 0.1) is 27.7 Å². The number of benzene rings is 2. The molecule has 0 saturated heterocycles. The van der Waals surface area contributed by atoms with Gasteiger partial charge in [0, 0.05) is 16.8 Å². The first kappa shape index (κ1) is 15.0. The number of hydrogen-bond acceptors (Lipinski definition) is 3. The molecule has 1 heterocycles. The first-order chi connectivity index (χ1) is 10.5. The van der Waals surface area contributed by atoms with Crippen LogP contribution in [0.1, 0.15) is 27.9 Å². The number of rotatable bonds is 3. The molecule has 0 amide bonds. The summed E-state index contributed by atoms with van der Waals surface area (Å²) in [7, 11) is 0. The molecule has 0 fully saturated rings. The molecule has 1 aromatic heterocycles. The highest BCUT2D eigenvalue weighted by Gasteiger charge is 2.08. The molecule has 0 bridgehead atoms. The molecule has 112 valence electrons. The molecule has 0 aliphatic heterocycles. The SMILES string of the molecule is Cc1ccc(CSc2nc(C)c3cc(C)cc(C)c3n2)cc1. The van der Waals surface area contributed by atoms with E-state index in [4.69, 9.17) is 4.98 Å². The lowest BCUT2D eigenvalue weighted by Gasteiger charge is -2.09. The van der Waals surface area contributed by atoms with Crippen molar-refractivity contribution in [3.63, 3.8) is 0 Å². The van der Waals surface area contributed by atoms with E-state index in [1.54, 1.807) is 11.8 Å². The second-order valence-corrected chi connectivity index (χ2v) is 6.79. The third kappa shape index (κ3) is 3.14. The van der Waals surface area contributed by atoms with Crippen molar-refractivity contribution in [2.45, 2.75) is 38.6 Å². The lowest BCUT2D eigenvalue weighted by molar-refractivity contribution is 0.964. The van der Waals surface area contributed by atoms with Gasteiger partial charge in [-0.15, -0.1) is 0 Å². The number of nitrogens with zero attached hydrogens (tertiary/aromatic N) is 2. The van der Waals surface area contributed by atoms with E-state index in [1.165, 1.54) is 22.3 Å². The van der Waals surface area contributed by atoms with Gasteiger partial charge in [0.05, 0.1) is 5.52 Å². The molecule has 3 aromatic rings. The van der Waals surface area contributed by atoms with Crippen molar-refractivity contribution in [3.05, 3.63) is 64.3 Å². The Morgan fingerprint density at radius 1 is 0.864 bits per heavy atom. The predicted molar refractivity (Wildman–Crippen MR) is 94.5 cm³/mol. The van der Waals surface area contributed by atoms with Crippen LogP contribution in [-0.4, -0.2) is 9.97 Å². The van der Waals surface area contributed by atoms with Gasteiger partial charge in [0.2, 0.25) is 0 Å². The minimum Gasteiger partial charge on any atom is -0.227 e. The summed E-state index contributed by atoms with van der Waals surface area (Å²) in [6.07, 6.45) is 0. The Labute approximate surface area is 136 Å². The molecular weight excluding hydrogens is 288 g/mol. The Bertz CT molecular complexity index is 823. The van der Waals surface area contributed by atoms with E-state index in [2.05, 4.69) is 69.1 Å². The number of thioether (sulfide) groups is 1. The fourth-order valence-corrected chi connectivity index (χ4v) is 3.45. The molecule has 0 spiro atoms. The van der Waals surface area contributed by atoms with Gasteiger partial charge in [0.25, 0.3) is 0 Å². The monoisotopic (exact) mass is 308 g/mol. The van der Waals surface area contributed by atoms with E-state index < -0.39 is 0 Å². The van der Waals surface area contributed by atoms with Crippen LogP contribution in [0.5, 0.6) is 0 Å². The zero-order chi connectivity index (χ0) is 15.7. The van der Waals surface area contributed by atoms with Gasteiger partial charge in [-0.05, 0) is 44.9 Å². The van der Waals surface area contributed by atoms with Crippen LogP contribution in [0.4, 0.5) is 0 Å². The standard InChI is InChI=1S/C19H20N2S/c1-12-5-7-16(8-6-12)11-22-19-20-15(4)17-10-13(2)9-14(3)18(17)21-19/h5-10H,11H2,1-4H3. The molecular formula is C19H20N2S. The van der Waals surface area contributed by atoms with Crippen LogP contribution in [0.2, 0.25) is 0 Å². The Hall–Kier alpha value is -1.87. The summed E-state index contributed by atoms with van der Waals surface area (Å²) >= 11 is 1.70. The summed E-state index contributed by atoms with van der Waals surface area (Å²) in [5.41, 5.74) is 7.21. The largest absolute Gasteiger partial charge is 0.227 e. The normalized spacial score (nSPS) is 11.1. The number of aryl methyl sites for hydroxylation is 4. The molecule has 0 N–H and O–H groups in total. The van der Waals surface area contributed by atoms with Gasteiger partial charge in [-0.1, -0.05) is 53.2 Å². The summed E-state index contributed by atoms with van der Waals surface area (Å²) in [6, 6.07) is 13.0. The minimum absolute atomic E-state index is 0.859. The molecule has 0 saturated carbocycles. The number of aromatic nitrogens is 2. The summed E-state index contributed by atoms with van der Waals surface area (Å²) < 4.78 is 0. The zero-order valence-corrected chi connectivity index (χ0v) is 14.3. The Balaban J connectivity index is 1.90. The molecule has 0 aliphatic rings. The molecule has 0 radical (unpaired) electrons. The van der Waals surface area contributed by atoms with Crippen LogP contribution in [0.15, 0.2) is 41.6 Å². The lowest BCUT2D eigenvalue weighted by atomic mass is 10.1. The van der Waals surface area contributed by atoms with Crippen LogP contribution < -0.4 is 0 Å². The molecule has 3 heteroatoms. The van der Waals surface area contributed by atoms with Gasteiger partial charge in [0.15, 0.2) is 5.16 Å². The Morgan fingerprint density at radius 3 is 2.32 bits per heavy atom. The maximum Gasteiger partial charge on any atom is 0.188 e. The van der Waals surface area contributed by atoms with E-state index in [1.807, 2.05) is 0 Å². The number of fused-ring (bicyclic) bond motifs is 1. The molecule has 2 nitrogen and oxygen atoms in total. The Kier molecular flexibility index (Phi) is 4.16. The second-order valence-electron chi connectivity index (χ2n) is 5.84. The van der Waals surface area contributed by atoms with Gasteiger partial charge in [-0.25, -0.2) is 9.97 Å². The summed E-state index contributed by atoms with van der Waals surface area (Å²) in [5, 5.41) is 2.02. The molecule has 0 aliphatic carbocycles. The summed E-state index contributed by atoms with van der Waals surface area (Å²) in [6.45, 7) is 8.42. The summed E-state index contributed by atoms with van der Waals surface area (Å²) in [4.78, 5) is 9.43. The Morgan fingerprint density at radius 2 is 1.59 bits per heavy atom. The molecule has 22 heavy (non-hydrogen) atoms. The van der Waals surface area contributed by atoms with Crippen molar-refractivity contribution in [3.8, 4) is 0 Å². The fraction of sp³-hybridized carbons (Fsp3) is 0.263. The zero-order valence-electron chi connectivity index (χ0n) is 13.5. The first-order valence-electron chi connectivity index (χ1n) is 7.47. The van der Waals surface area contributed by atoms with E-state index in [-0.39, 0.29) is 0 Å². The first-order valence-corrected chi connectivity index (χ1v) is 8.45. The average molecular weight is 308 g/mol. The summed E-state index contributed by atoms with van der Waals surface area (Å²) in [5.74, 6) is 0.899. The average Bonchev–Trinajstić information content (AvgIpc) is 2.48. The highest BCUT2D eigenvalue weighted by atomic mass is 32.2. The maximum absolute atomic E-state index is 4.76. The van der Waals surface area contributed by atoms with Crippen molar-refractivity contribution in [1.82, 2.24) is 9.97 Å². The third-order valence-electron chi connectivity index (χ3n) is 3.79. The van der Waals surface area contributed by atoms with Crippen LogP contribution in [0.3, 0.4) is 0 Å².